The molecule has 0 spiro atoms. The number of rotatable bonds is 6. The molecule has 0 aromatic heterocycles. The van der Waals surface area contributed by atoms with E-state index in [-0.39, 0.29) is 6.61 Å². The van der Waals surface area contributed by atoms with Crippen LogP contribution in [-0.4, -0.2) is 43.0 Å². The lowest BCUT2D eigenvalue weighted by Crippen LogP contribution is -2.36. The smallest absolute Gasteiger partial charge is 0.251 e. The number of aryl methyl sites for hydroxylation is 1. The van der Waals surface area contributed by atoms with Crippen molar-refractivity contribution in [3.05, 3.63) is 53.1 Å². The highest BCUT2D eigenvalue weighted by Crippen LogP contribution is 2.29. The van der Waals surface area contributed by atoms with Gasteiger partial charge in [0.1, 0.15) is 6.61 Å². The summed E-state index contributed by atoms with van der Waals surface area (Å²) >= 11 is 4.39. The van der Waals surface area contributed by atoms with Gasteiger partial charge in [0.15, 0.2) is 11.1 Å². The van der Waals surface area contributed by atoms with Crippen molar-refractivity contribution in [1.29, 1.82) is 0 Å². The van der Waals surface area contributed by atoms with Crippen molar-refractivity contribution >= 4 is 40.0 Å². The molecule has 1 aliphatic rings. The Balaban J connectivity index is 1.62. The average molecular weight is 409 g/mol. The molecule has 2 aromatic carbocycles. The maximum Gasteiger partial charge on any atom is 0.251 e. The molecule has 0 radical (unpaired) electrons. The Kier molecular flexibility index (Phi) is 6.84. The molecule has 6 nitrogen and oxygen atoms in total. The molecule has 1 amide bonds. The van der Waals surface area contributed by atoms with E-state index >= 15 is 0 Å². The van der Waals surface area contributed by atoms with Crippen LogP contribution in [0.1, 0.15) is 5.56 Å². The molecular weight excluding hydrogens is 388 g/mol. The van der Waals surface area contributed by atoms with Gasteiger partial charge in [0, 0.05) is 18.1 Å². The number of halogens is 1. The molecule has 0 aliphatic carbocycles. The van der Waals surface area contributed by atoms with Crippen molar-refractivity contribution < 1.29 is 17.9 Å². The third-order valence-corrected chi connectivity index (χ3v) is 5.32. The molecule has 144 valence electrons. The summed E-state index contributed by atoms with van der Waals surface area (Å²) in [5.74, 6) is -0.396. The van der Waals surface area contributed by atoms with Crippen LogP contribution in [0.5, 0.6) is 0 Å². The van der Waals surface area contributed by atoms with E-state index in [9.17, 15) is 9.00 Å². The molecule has 1 fully saturated rings. The minimum atomic E-state index is -1.70. The number of anilines is 2. The number of hydrogen-bond acceptors (Lipinski definition) is 5. The van der Waals surface area contributed by atoms with Crippen molar-refractivity contribution in [3.8, 4) is 0 Å². The minimum absolute atomic E-state index is 0.324. The Labute approximate surface area is 166 Å². The Morgan fingerprint density at radius 1 is 1.22 bits per heavy atom. The van der Waals surface area contributed by atoms with Gasteiger partial charge in [0.25, 0.3) is 5.91 Å². The fourth-order valence-corrected chi connectivity index (χ4v) is 3.58. The van der Waals surface area contributed by atoms with Gasteiger partial charge in [-0.15, -0.1) is 0 Å². The summed E-state index contributed by atoms with van der Waals surface area (Å²) in [4.78, 5) is 14.9. The topological polar surface area (TPSA) is 67.9 Å². The highest BCUT2D eigenvalue weighted by Gasteiger charge is 2.17. The first-order chi connectivity index (χ1) is 13.0. The van der Waals surface area contributed by atoms with Crippen molar-refractivity contribution in [2.75, 3.05) is 43.1 Å². The van der Waals surface area contributed by atoms with Gasteiger partial charge in [-0.25, -0.2) is 4.21 Å². The number of amides is 1. The first-order valence-electron chi connectivity index (χ1n) is 8.57. The fraction of sp³-hybridized carbons (Fsp3) is 0.316. The Hall–Kier alpha value is -1.93. The number of ether oxygens (including phenoxy) is 1. The normalized spacial score (nSPS) is 15.4. The van der Waals surface area contributed by atoms with Gasteiger partial charge in [0.2, 0.25) is 0 Å². The van der Waals surface area contributed by atoms with Crippen LogP contribution in [0.3, 0.4) is 0 Å². The lowest BCUT2D eigenvalue weighted by atomic mass is 10.2. The molecule has 1 atom stereocenters. The van der Waals surface area contributed by atoms with Gasteiger partial charge in [-0.3, -0.25) is 8.98 Å². The Bertz CT molecular complexity index is 823. The predicted molar refractivity (Wildman–Crippen MR) is 107 cm³/mol. The molecule has 27 heavy (non-hydrogen) atoms. The molecule has 1 heterocycles. The van der Waals surface area contributed by atoms with Crippen LogP contribution in [0, 0.1) is 6.92 Å². The van der Waals surface area contributed by atoms with Crippen LogP contribution in [0.25, 0.3) is 0 Å². The van der Waals surface area contributed by atoms with Crippen LogP contribution < -0.4 is 10.2 Å². The lowest BCUT2D eigenvalue weighted by Gasteiger charge is -2.30. The Morgan fingerprint density at radius 3 is 2.63 bits per heavy atom. The fourth-order valence-electron chi connectivity index (χ4n) is 2.70. The molecule has 1 aliphatic heterocycles. The van der Waals surface area contributed by atoms with E-state index in [0.717, 1.165) is 24.3 Å². The summed E-state index contributed by atoms with van der Waals surface area (Å²) < 4.78 is 22.7. The second-order valence-corrected chi connectivity index (χ2v) is 7.73. The zero-order valence-corrected chi connectivity index (χ0v) is 16.5. The van der Waals surface area contributed by atoms with Gasteiger partial charge >= 0.3 is 0 Å². The van der Waals surface area contributed by atoms with Gasteiger partial charge < -0.3 is 15.0 Å². The van der Waals surface area contributed by atoms with E-state index in [1.807, 2.05) is 25.1 Å². The van der Waals surface area contributed by atoms with Crippen LogP contribution in [-0.2, 0) is 24.8 Å². The second-order valence-electron chi connectivity index (χ2n) is 6.12. The number of hydrogen-bond donors (Lipinski definition) is 1. The summed E-state index contributed by atoms with van der Waals surface area (Å²) in [6.07, 6.45) is 0. The first kappa shape index (κ1) is 19.8. The highest BCUT2D eigenvalue weighted by atomic mass is 35.5. The van der Waals surface area contributed by atoms with Crippen molar-refractivity contribution in [2.45, 2.75) is 11.8 Å². The highest BCUT2D eigenvalue weighted by molar-refractivity contribution is 7.80. The van der Waals surface area contributed by atoms with Gasteiger partial charge in [-0.05, 0) is 37.3 Å². The number of carbonyl (C=O) groups excluding carboxylic acids is 1. The average Bonchev–Trinajstić information content (AvgIpc) is 2.67. The van der Waals surface area contributed by atoms with E-state index < -0.39 is 17.0 Å². The predicted octanol–water partition coefficient (Wildman–Crippen LogP) is 3.16. The summed E-state index contributed by atoms with van der Waals surface area (Å²) in [6, 6.07) is 12.5. The lowest BCUT2D eigenvalue weighted by molar-refractivity contribution is -0.117. The van der Waals surface area contributed by atoms with Crippen LogP contribution in [0.4, 0.5) is 11.4 Å². The Morgan fingerprint density at radius 2 is 1.93 bits per heavy atom. The number of morpholine rings is 1. The molecule has 2 aromatic rings. The molecular formula is C19H21ClN2O4S. The van der Waals surface area contributed by atoms with E-state index in [1.165, 1.54) is 0 Å². The molecule has 0 bridgehead atoms. The van der Waals surface area contributed by atoms with Gasteiger partial charge in [-0.2, -0.15) is 0 Å². The molecule has 0 unspecified atom stereocenters. The van der Waals surface area contributed by atoms with E-state index in [0.29, 0.717) is 28.8 Å². The molecule has 1 N–H and O–H groups in total. The summed E-state index contributed by atoms with van der Waals surface area (Å²) in [7, 11) is 0. The van der Waals surface area contributed by atoms with Crippen LogP contribution >= 0.6 is 11.6 Å². The van der Waals surface area contributed by atoms with Gasteiger partial charge in [-0.1, -0.05) is 29.3 Å². The summed E-state index contributed by atoms with van der Waals surface area (Å²) in [6.45, 7) is 4.35. The number of benzene rings is 2. The maximum absolute atomic E-state index is 12.3. The monoisotopic (exact) mass is 408 g/mol. The summed E-state index contributed by atoms with van der Waals surface area (Å²) in [5.41, 5.74) is 2.53. The SMILES string of the molecule is Cc1ccc([S@@](=O)OCC(=O)Nc2cc(Cl)ccc2N2CCOCC2)cc1. The van der Waals surface area contributed by atoms with E-state index in [4.69, 9.17) is 20.5 Å². The van der Waals surface area contributed by atoms with Crippen molar-refractivity contribution in [3.63, 3.8) is 0 Å². The number of nitrogens with one attached hydrogen (secondary N) is 1. The standard InChI is InChI=1S/C19H21ClN2O4S/c1-14-2-5-16(6-3-14)27(24)26-13-19(23)21-17-12-15(20)4-7-18(17)22-8-10-25-11-9-22/h2-7,12H,8-11,13H2,1H3,(H,21,23)/t27-/m0/s1. The molecule has 0 saturated carbocycles. The second kappa shape index (κ2) is 9.32. The third kappa shape index (κ3) is 5.52. The van der Waals surface area contributed by atoms with Crippen LogP contribution in [0.2, 0.25) is 5.02 Å². The number of nitrogens with zero attached hydrogens (tertiary/aromatic N) is 1. The van der Waals surface area contributed by atoms with E-state index in [2.05, 4.69) is 10.2 Å². The molecule has 3 rings (SSSR count). The zero-order chi connectivity index (χ0) is 19.2. The minimum Gasteiger partial charge on any atom is -0.378 e. The van der Waals surface area contributed by atoms with E-state index in [1.54, 1.807) is 24.3 Å². The third-order valence-electron chi connectivity index (χ3n) is 4.09. The molecule has 8 heteroatoms. The maximum atomic E-state index is 12.3. The zero-order valence-electron chi connectivity index (χ0n) is 14.9. The van der Waals surface area contributed by atoms with Crippen LogP contribution in [0.15, 0.2) is 47.4 Å². The largest absolute Gasteiger partial charge is 0.378 e. The van der Waals surface area contributed by atoms with Crippen molar-refractivity contribution in [2.24, 2.45) is 0 Å². The van der Waals surface area contributed by atoms with Gasteiger partial charge in [0.05, 0.1) is 29.5 Å². The molecule has 1 saturated heterocycles. The quantitative estimate of drug-likeness (QED) is 0.795. The van der Waals surface area contributed by atoms with Crippen molar-refractivity contribution in [1.82, 2.24) is 0 Å². The first-order valence-corrected chi connectivity index (χ1v) is 10.0. The summed E-state index contributed by atoms with van der Waals surface area (Å²) in [5, 5.41) is 3.32. The number of carbonyl (C=O) groups is 1.